The van der Waals surface area contributed by atoms with E-state index in [1.807, 2.05) is 13.2 Å². The zero-order chi connectivity index (χ0) is 10.7. The van der Waals surface area contributed by atoms with E-state index < -0.39 is 0 Å². The summed E-state index contributed by atoms with van der Waals surface area (Å²) in [5.74, 6) is 0.991. The van der Waals surface area contributed by atoms with Crippen molar-refractivity contribution in [3.8, 4) is 0 Å². The summed E-state index contributed by atoms with van der Waals surface area (Å²) in [4.78, 5) is 0. The number of aryl methyl sites for hydroxylation is 2. The van der Waals surface area contributed by atoms with Crippen molar-refractivity contribution in [3.05, 3.63) is 18.3 Å². The number of aromatic nitrogens is 4. The smallest absolute Gasteiger partial charge is 0.320 e. The highest BCUT2D eigenvalue weighted by Crippen LogP contribution is 2.13. The van der Waals surface area contributed by atoms with Crippen LogP contribution in [0.2, 0.25) is 0 Å². The second kappa shape index (κ2) is 4.31. The van der Waals surface area contributed by atoms with Crippen LogP contribution in [0, 0.1) is 0 Å². The fourth-order valence-corrected chi connectivity index (χ4v) is 1.26. The SMILES string of the molecule is Cn1cc(Nc2nnc(CCCl)o2)cn1. The summed E-state index contributed by atoms with van der Waals surface area (Å²) in [6, 6.07) is 0.350. The minimum Gasteiger partial charge on any atom is -0.408 e. The molecule has 0 radical (unpaired) electrons. The molecule has 0 unspecified atom stereocenters. The van der Waals surface area contributed by atoms with E-state index in [9.17, 15) is 0 Å². The first-order valence-electron chi connectivity index (χ1n) is 4.42. The molecule has 0 atom stereocenters. The van der Waals surface area contributed by atoms with Gasteiger partial charge in [-0.2, -0.15) is 5.10 Å². The van der Waals surface area contributed by atoms with Crippen molar-refractivity contribution in [1.82, 2.24) is 20.0 Å². The molecule has 0 saturated heterocycles. The van der Waals surface area contributed by atoms with E-state index in [-0.39, 0.29) is 0 Å². The Kier molecular flexibility index (Phi) is 2.86. The molecular formula is C8H10ClN5O. The first-order valence-corrected chi connectivity index (χ1v) is 4.95. The first kappa shape index (κ1) is 9.97. The molecule has 2 rings (SSSR count). The van der Waals surface area contributed by atoms with Gasteiger partial charge in [0.15, 0.2) is 0 Å². The third kappa shape index (κ3) is 2.47. The van der Waals surface area contributed by atoms with Crippen molar-refractivity contribution in [2.45, 2.75) is 6.42 Å². The maximum atomic E-state index is 5.55. The van der Waals surface area contributed by atoms with E-state index in [1.165, 1.54) is 0 Å². The fraction of sp³-hybridized carbons (Fsp3) is 0.375. The van der Waals surface area contributed by atoms with Gasteiger partial charge in [0, 0.05) is 25.5 Å². The van der Waals surface area contributed by atoms with Gasteiger partial charge in [-0.3, -0.25) is 4.68 Å². The second-order valence-electron chi connectivity index (χ2n) is 2.97. The molecule has 0 bridgehead atoms. The Bertz CT molecular complexity index is 438. The van der Waals surface area contributed by atoms with Crippen LogP contribution in [0.15, 0.2) is 16.8 Å². The number of hydrogen-bond donors (Lipinski definition) is 1. The Morgan fingerprint density at radius 3 is 3.07 bits per heavy atom. The van der Waals surface area contributed by atoms with E-state index in [1.54, 1.807) is 10.9 Å². The lowest BCUT2D eigenvalue weighted by molar-refractivity contribution is 0.516. The molecule has 0 amide bonds. The summed E-state index contributed by atoms with van der Waals surface area (Å²) in [6.45, 7) is 0. The van der Waals surface area contributed by atoms with Gasteiger partial charge in [-0.15, -0.1) is 16.7 Å². The molecule has 15 heavy (non-hydrogen) atoms. The van der Waals surface area contributed by atoms with Gasteiger partial charge in [-0.1, -0.05) is 5.10 Å². The summed E-state index contributed by atoms with van der Waals surface area (Å²) < 4.78 is 6.96. The maximum absolute atomic E-state index is 5.55. The number of nitrogens with zero attached hydrogens (tertiary/aromatic N) is 4. The van der Waals surface area contributed by atoms with Crippen LogP contribution in [-0.2, 0) is 13.5 Å². The van der Waals surface area contributed by atoms with Crippen LogP contribution in [-0.4, -0.2) is 25.9 Å². The normalized spacial score (nSPS) is 10.5. The van der Waals surface area contributed by atoms with Gasteiger partial charge in [-0.05, 0) is 0 Å². The van der Waals surface area contributed by atoms with Crippen LogP contribution in [0.4, 0.5) is 11.7 Å². The Hall–Kier alpha value is -1.56. The van der Waals surface area contributed by atoms with Gasteiger partial charge >= 0.3 is 6.01 Å². The van der Waals surface area contributed by atoms with Crippen molar-refractivity contribution >= 4 is 23.3 Å². The van der Waals surface area contributed by atoms with Gasteiger partial charge in [0.2, 0.25) is 5.89 Å². The second-order valence-corrected chi connectivity index (χ2v) is 3.35. The minimum atomic E-state index is 0.350. The average Bonchev–Trinajstić information content (AvgIpc) is 2.78. The van der Waals surface area contributed by atoms with E-state index in [2.05, 4.69) is 20.6 Å². The Morgan fingerprint density at radius 1 is 1.53 bits per heavy atom. The summed E-state index contributed by atoms with van der Waals surface area (Å²) in [5, 5.41) is 14.6. The van der Waals surface area contributed by atoms with Crippen molar-refractivity contribution < 1.29 is 4.42 Å². The zero-order valence-corrected chi connectivity index (χ0v) is 8.90. The molecule has 0 aliphatic rings. The lowest BCUT2D eigenvalue weighted by Gasteiger charge is -1.93. The largest absolute Gasteiger partial charge is 0.408 e. The highest BCUT2D eigenvalue weighted by atomic mass is 35.5. The molecule has 0 saturated carbocycles. The number of anilines is 2. The highest BCUT2D eigenvalue weighted by molar-refractivity contribution is 6.17. The minimum absolute atomic E-state index is 0.350. The van der Waals surface area contributed by atoms with Crippen molar-refractivity contribution in [3.63, 3.8) is 0 Å². The molecule has 6 nitrogen and oxygen atoms in total. The van der Waals surface area contributed by atoms with Gasteiger partial charge in [0.1, 0.15) is 0 Å². The van der Waals surface area contributed by atoms with Gasteiger partial charge < -0.3 is 9.73 Å². The number of halogens is 1. The Morgan fingerprint density at radius 2 is 2.40 bits per heavy atom. The predicted octanol–water partition coefficient (Wildman–Crippen LogP) is 1.33. The zero-order valence-electron chi connectivity index (χ0n) is 8.14. The maximum Gasteiger partial charge on any atom is 0.320 e. The molecule has 80 valence electrons. The summed E-state index contributed by atoms with van der Waals surface area (Å²) in [5.41, 5.74) is 0.804. The third-order valence-corrected chi connectivity index (χ3v) is 1.92. The van der Waals surface area contributed by atoms with Crippen LogP contribution in [0.3, 0.4) is 0 Å². The van der Waals surface area contributed by atoms with Crippen LogP contribution >= 0.6 is 11.6 Å². The quantitative estimate of drug-likeness (QED) is 0.798. The molecule has 0 spiro atoms. The molecule has 1 N–H and O–H groups in total. The van der Waals surface area contributed by atoms with Crippen LogP contribution in [0.5, 0.6) is 0 Å². The molecule has 0 aliphatic heterocycles. The number of alkyl halides is 1. The van der Waals surface area contributed by atoms with E-state index in [4.69, 9.17) is 16.0 Å². The van der Waals surface area contributed by atoms with Crippen LogP contribution in [0.1, 0.15) is 5.89 Å². The first-order chi connectivity index (χ1) is 7.28. The average molecular weight is 228 g/mol. The number of nitrogens with one attached hydrogen (secondary N) is 1. The van der Waals surface area contributed by atoms with Crippen LogP contribution < -0.4 is 5.32 Å². The predicted molar refractivity (Wildman–Crippen MR) is 55.2 cm³/mol. The molecular weight excluding hydrogens is 218 g/mol. The molecule has 7 heteroatoms. The Labute approximate surface area is 91.2 Å². The standard InChI is InChI=1S/C8H10ClN5O/c1-14-5-6(4-10-14)11-8-13-12-7(15-8)2-3-9/h4-5H,2-3H2,1H3,(H,11,13). The van der Waals surface area contributed by atoms with E-state index in [0.717, 1.165) is 5.69 Å². The van der Waals surface area contributed by atoms with Crippen molar-refractivity contribution in [2.24, 2.45) is 7.05 Å². The number of hydrogen-bond acceptors (Lipinski definition) is 5. The van der Waals surface area contributed by atoms with Crippen LogP contribution in [0.25, 0.3) is 0 Å². The topological polar surface area (TPSA) is 68.8 Å². The van der Waals surface area contributed by atoms with E-state index >= 15 is 0 Å². The monoisotopic (exact) mass is 227 g/mol. The molecule has 2 aromatic heterocycles. The summed E-state index contributed by atoms with van der Waals surface area (Å²) >= 11 is 5.55. The summed E-state index contributed by atoms with van der Waals surface area (Å²) in [7, 11) is 1.83. The number of rotatable bonds is 4. The third-order valence-electron chi connectivity index (χ3n) is 1.73. The van der Waals surface area contributed by atoms with Crippen molar-refractivity contribution in [2.75, 3.05) is 11.2 Å². The van der Waals surface area contributed by atoms with Gasteiger partial charge in [0.05, 0.1) is 11.9 Å². The lowest BCUT2D eigenvalue weighted by atomic mass is 10.5. The van der Waals surface area contributed by atoms with Gasteiger partial charge in [0.25, 0.3) is 0 Å². The molecule has 0 aliphatic carbocycles. The molecule has 2 aromatic rings. The van der Waals surface area contributed by atoms with Gasteiger partial charge in [-0.25, -0.2) is 0 Å². The fourth-order valence-electron chi connectivity index (χ4n) is 1.10. The lowest BCUT2D eigenvalue weighted by Crippen LogP contribution is -1.88. The van der Waals surface area contributed by atoms with E-state index in [0.29, 0.717) is 24.2 Å². The molecule has 0 fully saturated rings. The summed E-state index contributed by atoms with van der Waals surface area (Å²) in [6.07, 6.45) is 4.06. The molecule has 2 heterocycles. The Balaban J connectivity index is 2.04. The highest BCUT2D eigenvalue weighted by Gasteiger charge is 2.05. The van der Waals surface area contributed by atoms with Crippen molar-refractivity contribution in [1.29, 1.82) is 0 Å². The molecule has 0 aromatic carbocycles.